The minimum atomic E-state index is -0.625. The Morgan fingerprint density at radius 2 is 1.96 bits per heavy atom. The number of imidazole rings is 1. The van der Waals surface area contributed by atoms with E-state index < -0.39 is 5.63 Å². The molecule has 0 fully saturated rings. The summed E-state index contributed by atoms with van der Waals surface area (Å²) in [5, 5.41) is 10.5. The maximum atomic E-state index is 12.6. The summed E-state index contributed by atoms with van der Waals surface area (Å²) in [6.07, 6.45) is 1.78. The number of benzene rings is 1. The van der Waals surface area contributed by atoms with E-state index in [1.54, 1.807) is 29.7 Å². The van der Waals surface area contributed by atoms with Crippen molar-refractivity contribution < 1.29 is 19.0 Å². The van der Waals surface area contributed by atoms with Crippen LogP contribution in [0.5, 0.6) is 17.2 Å². The van der Waals surface area contributed by atoms with Gasteiger partial charge >= 0.3 is 5.63 Å². The van der Waals surface area contributed by atoms with Crippen molar-refractivity contribution in [3.05, 3.63) is 64.8 Å². The Morgan fingerprint density at radius 1 is 1.11 bits per heavy atom. The maximum Gasteiger partial charge on any atom is 0.349 e. The molecule has 1 N–H and O–H groups in total. The summed E-state index contributed by atoms with van der Waals surface area (Å²) in [5.74, 6) is 1.44. The second-order valence-electron chi connectivity index (χ2n) is 6.21. The molecule has 0 saturated heterocycles. The number of aromatic hydroxyl groups is 1. The normalized spacial score (nSPS) is 12.6. The van der Waals surface area contributed by atoms with E-state index >= 15 is 0 Å². The number of aryl methyl sites for hydroxylation is 1. The fraction of sp³-hybridized carbons (Fsp3) is 0.100. The molecule has 3 aromatic heterocycles. The van der Waals surface area contributed by atoms with Gasteiger partial charge in [-0.05, 0) is 37.3 Å². The van der Waals surface area contributed by atoms with Crippen molar-refractivity contribution in [2.75, 3.05) is 6.79 Å². The van der Waals surface area contributed by atoms with Crippen LogP contribution < -0.4 is 15.1 Å². The zero-order valence-electron chi connectivity index (χ0n) is 14.3. The first-order chi connectivity index (χ1) is 13.1. The predicted octanol–water partition coefficient (Wildman–Crippen LogP) is 3.36. The van der Waals surface area contributed by atoms with E-state index in [9.17, 15) is 9.90 Å². The highest BCUT2D eigenvalue weighted by Crippen LogP contribution is 2.40. The van der Waals surface area contributed by atoms with E-state index in [4.69, 9.17) is 13.9 Å². The van der Waals surface area contributed by atoms with Crippen LogP contribution in [-0.4, -0.2) is 21.3 Å². The molecule has 0 unspecified atom stereocenters. The SMILES string of the molecule is Cc1cc(O)c(-c2c(-c3ccc4c(c3)OCO4)nc3ccccn23)c(=O)o1. The third-order valence-electron chi connectivity index (χ3n) is 4.47. The van der Waals surface area contributed by atoms with Gasteiger partial charge in [-0.25, -0.2) is 9.78 Å². The van der Waals surface area contributed by atoms with Crippen molar-refractivity contribution in [1.29, 1.82) is 0 Å². The highest BCUT2D eigenvalue weighted by atomic mass is 16.7. The van der Waals surface area contributed by atoms with Crippen LogP contribution in [0.25, 0.3) is 28.2 Å². The van der Waals surface area contributed by atoms with Crippen LogP contribution in [0, 0.1) is 6.92 Å². The Labute approximate surface area is 153 Å². The molecule has 5 rings (SSSR count). The van der Waals surface area contributed by atoms with E-state index in [1.165, 1.54) is 6.07 Å². The first kappa shape index (κ1) is 15.5. The van der Waals surface area contributed by atoms with Gasteiger partial charge in [0.2, 0.25) is 6.79 Å². The summed E-state index contributed by atoms with van der Waals surface area (Å²) in [6.45, 7) is 1.78. The van der Waals surface area contributed by atoms with Crippen LogP contribution in [0.15, 0.2) is 57.9 Å². The molecular formula is C20H14N2O5. The minimum absolute atomic E-state index is 0.0620. The van der Waals surface area contributed by atoms with Gasteiger partial charge in [-0.1, -0.05) is 6.07 Å². The van der Waals surface area contributed by atoms with Gasteiger partial charge in [0.25, 0.3) is 0 Å². The molecule has 0 amide bonds. The zero-order chi connectivity index (χ0) is 18.5. The Bertz CT molecular complexity index is 1260. The number of aromatic nitrogens is 2. The highest BCUT2D eigenvalue weighted by Gasteiger charge is 2.24. The lowest BCUT2D eigenvalue weighted by molar-refractivity contribution is 0.174. The molecular weight excluding hydrogens is 348 g/mol. The van der Waals surface area contributed by atoms with E-state index in [2.05, 4.69) is 4.98 Å². The fourth-order valence-electron chi connectivity index (χ4n) is 3.29. The summed E-state index contributed by atoms with van der Waals surface area (Å²) in [7, 11) is 0. The van der Waals surface area contributed by atoms with Gasteiger partial charge in [0.05, 0.1) is 11.4 Å². The average Bonchev–Trinajstić information content (AvgIpc) is 3.25. The summed E-state index contributed by atoms with van der Waals surface area (Å²) < 4.78 is 17.8. The molecule has 0 spiro atoms. The van der Waals surface area contributed by atoms with Crippen molar-refractivity contribution in [2.45, 2.75) is 6.92 Å². The molecule has 4 heterocycles. The first-order valence-electron chi connectivity index (χ1n) is 8.33. The van der Waals surface area contributed by atoms with Crippen LogP contribution in [0.2, 0.25) is 0 Å². The van der Waals surface area contributed by atoms with Gasteiger partial charge in [-0.3, -0.25) is 4.40 Å². The van der Waals surface area contributed by atoms with Crippen molar-refractivity contribution in [3.63, 3.8) is 0 Å². The molecule has 0 aliphatic carbocycles. The summed E-state index contributed by atoms with van der Waals surface area (Å²) in [4.78, 5) is 17.2. The van der Waals surface area contributed by atoms with Gasteiger partial charge in [0.15, 0.2) is 11.5 Å². The van der Waals surface area contributed by atoms with Crippen molar-refractivity contribution in [1.82, 2.24) is 9.38 Å². The largest absolute Gasteiger partial charge is 0.507 e. The molecule has 1 aliphatic heterocycles. The first-order valence-corrected chi connectivity index (χ1v) is 8.33. The third-order valence-corrected chi connectivity index (χ3v) is 4.47. The van der Waals surface area contributed by atoms with Gasteiger partial charge < -0.3 is 19.0 Å². The van der Waals surface area contributed by atoms with Crippen molar-refractivity contribution in [3.8, 4) is 39.8 Å². The zero-order valence-corrected chi connectivity index (χ0v) is 14.3. The molecule has 0 saturated carbocycles. The molecule has 134 valence electrons. The molecule has 1 aliphatic rings. The predicted molar refractivity (Wildman–Crippen MR) is 97.1 cm³/mol. The van der Waals surface area contributed by atoms with Gasteiger partial charge in [-0.2, -0.15) is 0 Å². The average molecular weight is 362 g/mol. The number of hydrogen-bond acceptors (Lipinski definition) is 6. The Kier molecular flexibility index (Phi) is 3.24. The van der Waals surface area contributed by atoms with Crippen LogP contribution in [0.1, 0.15) is 5.76 Å². The van der Waals surface area contributed by atoms with E-state index in [0.717, 1.165) is 5.56 Å². The second-order valence-corrected chi connectivity index (χ2v) is 6.21. The lowest BCUT2D eigenvalue weighted by Gasteiger charge is -2.07. The smallest absolute Gasteiger partial charge is 0.349 e. The third kappa shape index (κ3) is 2.36. The van der Waals surface area contributed by atoms with Crippen LogP contribution in [0.3, 0.4) is 0 Å². The topological polar surface area (TPSA) is 86.2 Å². The number of rotatable bonds is 2. The summed E-state index contributed by atoms with van der Waals surface area (Å²) >= 11 is 0. The van der Waals surface area contributed by atoms with Crippen molar-refractivity contribution in [2.24, 2.45) is 0 Å². The molecule has 0 atom stereocenters. The quantitative estimate of drug-likeness (QED) is 0.588. The van der Waals surface area contributed by atoms with Crippen molar-refractivity contribution >= 4 is 5.65 Å². The Morgan fingerprint density at radius 3 is 2.81 bits per heavy atom. The molecule has 1 aromatic carbocycles. The summed E-state index contributed by atoms with van der Waals surface area (Å²) in [6, 6.07) is 12.4. The second kappa shape index (κ2) is 5.63. The van der Waals surface area contributed by atoms with E-state index in [0.29, 0.717) is 34.3 Å². The summed E-state index contributed by atoms with van der Waals surface area (Å²) in [5.41, 5.74) is 1.80. The number of nitrogens with zero attached hydrogens (tertiary/aromatic N) is 2. The van der Waals surface area contributed by atoms with Crippen LogP contribution in [-0.2, 0) is 0 Å². The van der Waals surface area contributed by atoms with E-state index in [1.807, 2.05) is 24.3 Å². The molecule has 4 aromatic rings. The molecule has 0 bridgehead atoms. The molecule has 27 heavy (non-hydrogen) atoms. The van der Waals surface area contributed by atoms with E-state index in [-0.39, 0.29) is 18.1 Å². The standard InChI is InChI=1S/C20H14N2O5/c1-11-8-13(23)17(20(24)27-11)19-18(21-16-4-2-3-7-22(16)19)12-5-6-14-15(9-12)26-10-25-14/h2-9,23H,10H2,1H3. The maximum absolute atomic E-state index is 12.6. The fourth-order valence-corrected chi connectivity index (χ4v) is 3.29. The Hall–Kier alpha value is -3.74. The molecule has 0 radical (unpaired) electrons. The lowest BCUT2D eigenvalue weighted by Crippen LogP contribution is -2.06. The number of fused-ring (bicyclic) bond motifs is 2. The molecule has 7 nitrogen and oxygen atoms in total. The van der Waals surface area contributed by atoms with Gasteiger partial charge in [0.1, 0.15) is 22.7 Å². The van der Waals surface area contributed by atoms with Crippen LogP contribution in [0.4, 0.5) is 0 Å². The van der Waals surface area contributed by atoms with Gasteiger partial charge in [0, 0.05) is 17.8 Å². The lowest BCUT2D eigenvalue weighted by atomic mass is 10.0. The monoisotopic (exact) mass is 362 g/mol. The van der Waals surface area contributed by atoms with Crippen LogP contribution >= 0.6 is 0 Å². The number of pyridine rings is 1. The highest BCUT2D eigenvalue weighted by molar-refractivity contribution is 5.84. The number of hydrogen-bond donors (Lipinski definition) is 1. The van der Waals surface area contributed by atoms with Gasteiger partial charge in [-0.15, -0.1) is 0 Å². The number of ether oxygens (including phenoxy) is 2. The Balaban J connectivity index is 1.85. The minimum Gasteiger partial charge on any atom is -0.507 e. The molecule has 7 heteroatoms.